The van der Waals surface area contributed by atoms with Crippen LogP contribution in [0.25, 0.3) is 0 Å². The van der Waals surface area contributed by atoms with Crippen LogP contribution in [-0.4, -0.2) is 40.3 Å². The minimum absolute atomic E-state index is 0.247. The second-order valence-electron chi connectivity index (χ2n) is 8.88. The standard InChI is InChI=1S/C20H36O3Si/c1-7-8-11-19(23-17-10-9-12-21-15-17)18-13-16(18)14-22-24(5,6)20(2,3)4/h16-19H,9-15H2,1-6H3. The van der Waals surface area contributed by atoms with Crippen molar-refractivity contribution in [3.8, 4) is 11.8 Å². The van der Waals surface area contributed by atoms with Crippen LogP contribution in [-0.2, 0) is 13.9 Å². The van der Waals surface area contributed by atoms with Crippen LogP contribution in [0.5, 0.6) is 0 Å². The van der Waals surface area contributed by atoms with E-state index in [9.17, 15) is 0 Å². The maximum atomic E-state index is 6.42. The molecule has 0 aromatic heterocycles. The van der Waals surface area contributed by atoms with E-state index in [0.717, 1.165) is 39.1 Å². The molecule has 2 rings (SSSR count). The molecule has 138 valence electrons. The van der Waals surface area contributed by atoms with Crippen LogP contribution in [0.1, 0.15) is 53.4 Å². The Hall–Kier alpha value is -0.343. The van der Waals surface area contributed by atoms with Gasteiger partial charge < -0.3 is 13.9 Å². The average Bonchev–Trinajstić information content (AvgIpc) is 3.29. The first kappa shape index (κ1) is 20.0. The molecule has 24 heavy (non-hydrogen) atoms. The fraction of sp³-hybridized carbons (Fsp3) is 0.900. The van der Waals surface area contributed by atoms with E-state index in [1.165, 1.54) is 6.42 Å². The van der Waals surface area contributed by atoms with Gasteiger partial charge in [0.25, 0.3) is 0 Å². The largest absolute Gasteiger partial charge is 0.417 e. The molecule has 2 fully saturated rings. The Morgan fingerprint density at radius 3 is 2.62 bits per heavy atom. The van der Waals surface area contributed by atoms with Crippen molar-refractivity contribution < 1.29 is 13.9 Å². The molecule has 0 bridgehead atoms. The van der Waals surface area contributed by atoms with Gasteiger partial charge in [-0.15, -0.1) is 11.8 Å². The summed E-state index contributed by atoms with van der Waals surface area (Å²) in [5, 5.41) is 0.278. The molecular weight excluding hydrogens is 316 g/mol. The fourth-order valence-corrected chi connectivity index (χ4v) is 4.08. The third kappa shape index (κ3) is 5.59. The highest BCUT2D eigenvalue weighted by atomic mass is 28.4. The van der Waals surface area contributed by atoms with Gasteiger partial charge >= 0.3 is 0 Å². The Morgan fingerprint density at radius 2 is 2.04 bits per heavy atom. The number of ether oxygens (including phenoxy) is 2. The molecule has 4 heteroatoms. The van der Waals surface area contributed by atoms with Crippen molar-refractivity contribution in [1.29, 1.82) is 0 Å². The number of hydrogen-bond acceptors (Lipinski definition) is 3. The maximum Gasteiger partial charge on any atom is 0.191 e. The van der Waals surface area contributed by atoms with E-state index in [1.807, 2.05) is 6.92 Å². The summed E-state index contributed by atoms with van der Waals surface area (Å²) in [5.41, 5.74) is 0. The van der Waals surface area contributed by atoms with Gasteiger partial charge in [0.1, 0.15) is 0 Å². The molecule has 1 saturated heterocycles. The fourth-order valence-electron chi connectivity index (χ4n) is 3.02. The Morgan fingerprint density at radius 1 is 1.29 bits per heavy atom. The van der Waals surface area contributed by atoms with Gasteiger partial charge in [-0.25, -0.2) is 0 Å². The molecule has 0 aromatic carbocycles. The molecule has 2 aliphatic rings. The second kappa shape index (κ2) is 8.36. The van der Waals surface area contributed by atoms with E-state index in [1.54, 1.807) is 0 Å². The van der Waals surface area contributed by atoms with Crippen LogP contribution in [0.4, 0.5) is 0 Å². The highest BCUT2D eigenvalue weighted by Crippen LogP contribution is 2.46. The lowest BCUT2D eigenvalue weighted by molar-refractivity contribution is -0.0900. The summed E-state index contributed by atoms with van der Waals surface area (Å²) in [4.78, 5) is 0. The van der Waals surface area contributed by atoms with Crippen molar-refractivity contribution in [3.63, 3.8) is 0 Å². The summed E-state index contributed by atoms with van der Waals surface area (Å²) in [6.45, 7) is 16.0. The van der Waals surface area contributed by atoms with Crippen molar-refractivity contribution in [3.05, 3.63) is 0 Å². The summed E-state index contributed by atoms with van der Waals surface area (Å²) >= 11 is 0. The predicted octanol–water partition coefficient (Wildman–Crippen LogP) is 4.62. The van der Waals surface area contributed by atoms with Crippen LogP contribution in [0.3, 0.4) is 0 Å². The molecule has 4 unspecified atom stereocenters. The van der Waals surface area contributed by atoms with Crippen molar-refractivity contribution in [2.24, 2.45) is 11.8 Å². The minimum Gasteiger partial charge on any atom is -0.417 e. The van der Waals surface area contributed by atoms with Gasteiger partial charge in [0.15, 0.2) is 8.32 Å². The Balaban J connectivity index is 1.84. The topological polar surface area (TPSA) is 27.7 Å². The van der Waals surface area contributed by atoms with E-state index in [4.69, 9.17) is 13.9 Å². The number of hydrogen-bond donors (Lipinski definition) is 0. The van der Waals surface area contributed by atoms with Gasteiger partial charge in [-0.05, 0) is 56.2 Å². The van der Waals surface area contributed by atoms with E-state index in [2.05, 4.69) is 45.7 Å². The Bertz CT molecular complexity index is 452. The lowest BCUT2D eigenvalue weighted by Crippen LogP contribution is -2.41. The Kier molecular flexibility index (Phi) is 6.96. The second-order valence-corrected chi connectivity index (χ2v) is 13.7. The van der Waals surface area contributed by atoms with Crippen LogP contribution in [0.15, 0.2) is 0 Å². The third-order valence-corrected chi connectivity index (χ3v) is 10.4. The molecule has 4 atom stereocenters. The average molecular weight is 353 g/mol. The maximum absolute atomic E-state index is 6.42. The summed E-state index contributed by atoms with van der Waals surface area (Å²) in [7, 11) is -1.65. The molecule has 0 spiro atoms. The van der Waals surface area contributed by atoms with Gasteiger partial charge in [0.2, 0.25) is 0 Å². The smallest absolute Gasteiger partial charge is 0.191 e. The lowest BCUT2D eigenvalue weighted by Gasteiger charge is -2.36. The van der Waals surface area contributed by atoms with Gasteiger partial charge in [-0.2, -0.15) is 0 Å². The first-order valence-electron chi connectivity index (χ1n) is 9.51. The molecule has 0 amide bonds. The van der Waals surface area contributed by atoms with E-state index >= 15 is 0 Å². The van der Waals surface area contributed by atoms with Crippen LogP contribution < -0.4 is 0 Å². The molecule has 1 aliphatic heterocycles. The zero-order valence-corrected chi connectivity index (χ0v) is 17.5. The van der Waals surface area contributed by atoms with Crippen LogP contribution >= 0.6 is 0 Å². The summed E-state index contributed by atoms with van der Waals surface area (Å²) in [6.07, 6.45) is 4.79. The van der Waals surface area contributed by atoms with Crippen LogP contribution in [0, 0.1) is 23.7 Å². The first-order chi connectivity index (χ1) is 11.2. The lowest BCUT2D eigenvalue weighted by atomic mass is 10.1. The number of rotatable bonds is 7. The van der Waals surface area contributed by atoms with Crippen molar-refractivity contribution in [1.82, 2.24) is 0 Å². The van der Waals surface area contributed by atoms with Crippen molar-refractivity contribution in [2.75, 3.05) is 19.8 Å². The molecular formula is C20H36O3Si. The normalized spacial score (nSPS) is 28.8. The van der Waals surface area contributed by atoms with Gasteiger partial charge in [-0.1, -0.05) is 20.8 Å². The van der Waals surface area contributed by atoms with Gasteiger partial charge in [-0.3, -0.25) is 0 Å². The predicted molar refractivity (Wildman–Crippen MR) is 102 cm³/mol. The summed E-state index contributed by atoms with van der Waals surface area (Å²) < 4.78 is 18.4. The molecule has 1 aliphatic carbocycles. The van der Waals surface area contributed by atoms with E-state index in [0.29, 0.717) is 11.8 Å². The van der Waals surface area contributed by atoms with Gasteiger partial charge in [0.05, 0.1) is 18.8 Å². The van der Waals surface area contributed by atoms with Crippen molar-refractivity contribution >= 4 is 8.32 Å². The molecule has 3 nitrogen and oxygen atoms in total. The quantitative estimate of drug-likeness (QED) is 0.494. The minimum atomic E-state index is -1.65. The van der Waals surface area contributed by atoms with Crippen molar-refractivity contribution in [2.45, 2.75) is 83.7 Å². The molecule has 0 radical (unpaired) electrons. The zero-order valence-electron chi connectivity index (χ0n) is 16.5. The summed E-state index contributed by atoms with van der Waals surface area (Å²) in [5.74, 6) is 7.51. The first-order valence-corrected chi connectivity index (χ1v) is 12.4. The summed E-state index contributed by atoms with van der Waals surface area (Å²) in [6, 6.07) is 0. The monoisotopic (exact) mass is 352 g/mol. The zero-order chi connectivity index (χ0) is 17.8. The third-order valence-electron chi connectivity index (χ3n) is 5.89. The Labute approximate surface area is 150 Å². The highest BCUT2D eigenvalue weighted by molar-refractivity contribution is 6.74. The van der Waals surface area contributed by atoms with Crippen LogP contribution in [0.2, 0.25) is 18.1 Å². The van der Waals surface area contributed by atoms with Gasteiger partial charge in [0, 0.05) is 19.6 Å². The van der Waals surface area contributed by atoms with E-state index < -0.39 is 8.32 Å². The SMILES string of the molecule is CC#CCC(OC1CCCOC1)C1CC1CO[Si](C)(C)C(C)(C)C. The molecule has 1 saturated carbocycles. The molecule has 0 aromatic rings. The molecule has 0 N–H and O–H groups in total. The highest BCUT2D eigenvalue weighted by Gasteiger charge is 2.46. The molecule has 1 heterocycles. The van der Waals surface area contributed by atoms with E-state index in [-0.39, 0.29) is 17.2 Å².